The maximum Gasteiger partial charge on any atom is 0.244 e. The molecule has 1 aromatic rings. The Labute approximate surface area is 161 Å². The Morgan fingerprint density at radius 3 is 2.67 bits per heavy atom. The van der Waals surface area contributed by atoms with Crippen LogP contribution in [0.1, 0.15) is 25.8 Å². The highest BCUT2D eigenvalue weighted by atomic mass is 16.5. The molecule has 1 heterocycles. The lowest BCUT2D eigenvalue weighted by Gasteiger charge is -2.35. The van der Waals surface area contributed by atoms with Gasteiger partial charge in [0.15, 0.2) is 6.61 Å². The second-order valence-corrected chi connectivity index (χ2v) is 7.03. The number of rotatable bonds is 9. The van der Waals surface area contributed by atoms with Crippen LogP contribution in [0.5, 0.6) is 5.75 Å². The van der Waals surface area contributed by atoms with E-state index in [1.54, 1.807) is 24.3 Å². The van der Waals surface area contributed by atoms with Crippen molar-refractivity contribution in [2.24, 2.45) is 5.92 Å². The number of carbonyl (C=O) groups excluding carboxylic acids is 1. The summed E-state index contributed by atoms with van der Waals surface area (Å²) in [6, 6.07) is 9.54. The molecule has 146 valence electrons. The lowest BCUT2D eigenvalue weighted by Crippen LogP contribution is -2.49. The molecule has 1 unspecified atom stereocenters. The first kappa shape index (κ1) is 20.9. The molecule has 1 aliphatic rings. The molecule has 1 fully saturated rings. The van der Waals surface area contributed by atoms with Crippen molar-refractivity contribution in [3.05, 3.63) is 35.9 Å². The van der Waals surface area contributed by atoms with Gasteiger partial charge in [-0.2, -0.15) is 5.26 Å². The summed E-state index contributed by atoms with van der Waals surface area (Å²) in [5.41, 5.74) is 0.904. The van der Waals surface area contributed by atoms with E-state index in [-0.39, 0.29) is 12.5 Å². The molecule has 0 aliphatic carbocycles. The predicted molar refractivity (Wildman–Crippen MR) is 105 cm³/mol. The molecular weight excluding hydrogens is 342 g/mol. The first-order chi connectivity index (χ1) is 13.1. The molecule has 2 rings (SSSR count). The number of benzene rings is 1. The van der Waals surface area contributed by atoms with Crippen LogP contribution in [0.25, 0.3) is 6.08 Å². The van der Waals surface area contributed by atoms with E-state index in [1.165, 1.54) is 0 Å². The van der Waals surface area contributed by atoms with E-state index >= 15 is 0 Å². The smallest absolute Gasteiger partial charge is 0.244 e. The fourth-order valence-corrected chi connectivity index (χ4v) is 3.09. The van der Waals surface area contributed by atoms with E-state index in [0.29, 0.717) is 24.3 Å². The second kappa shape index (κ2) is 11.4. The number of carbonyl (C=O) groups is 1. The number of hydrogen-bond donors (Lipinski definition) is 1. The van der Waals surface area contributed by atoms with Gasteiger partial charge in [0.05, 0.1) is 13.2 Å². The molecule has 0 saturated carbocycles. The molecule has 1 atom stereocenters. The normalized spacial score (nSPS) is 16.2. The average molecular weight is 371 g/mol. The Morgan fingerprint density at radius 2 is 2.04 bits per heavy atom. The van der Waals surface area contributed by atoms with Crippen LogP contribution < -0.4 is 10.1 Å². The van der Waals surface area contributed by atoms with Crippen molar-refractivity contribution in [2.75, 3.05) is 39.5 Å². The Balaban J connectivity index is 1.83. The third-order valence-electron chi connectivity index (χ3n) is 4.43. The molecule has 1 N–H and O–H groups in total. The zero-order chi connectivity index (χ0) is 19.5. The highest BCUT2D eigenvalue weighted by molar-refractivity contribution is 5.91. The zero-order valence-electron chi connectivity index (χ0n) is 16.2. The highest BCUT2D eigenvalue weighted by Crippen LogP contribution is 2.14. The monoisotopic (exact) mass is 371 g/mol. The molecule has 1 aliphatic heterocycles. The lowest BCUT2D eigenvalue weighted by molar-refractivity contribution is -0.116. The van der Waals surface area contributed by atoms with Gasteiger partial charge in [-0.3, -0.25) is 9.69 Å². The van der Waals surface area contributed by atoms with Gasteiger partial charge in [0.1, 0.15) is 11.8 Å². The van der Waals surface area contributed by atoms with Gasteiger partial charge >= 0.3 is 0 Å². The number of hydrogen-bond acceptors (Lipinski definition) is 5. The van der Waals surface area contributed by atoms with Crippen molar-refractivity contribution < 1.29 is 14.3 Å². The van der Waals surface area contributed by atoms with Crippen LogP contribution in [0, 0.1) is 17.2 Å². The van der Waals surface area contributed by atoms with Gasteiger partial charge in [-0.05, 0) is 36.1 Å². The second-order valence-electron chi connectivity index (χ2n) is 7.03. The van der Waals surface area contributed by atoms with Crippen molar-refractivity contribution >= 4 is 12.0 Å². The number of nitriles is 1. The lowest BCUT2D eigenvalue weighted by atomic mass is 10.0. The molecule has 1 aromatic carbocycles. The van der Waals surface area contributed by atoms with Crippen molar-refractivity contribution in [1.82, 2.24) is 10.2 Å². The first-order valence-electron chi connectivity index (χ1n) is 9.46. The number of nitrogens with one attached hydrogen (secondary N) is 1. The third kappa shape index (κ3) is 7.81. The summed E-state index contributed by atoms with van der Waals surface area (Å²) >= 11 is 0. The Hall–Kier alpha value is -2.36. The summed E-state index contributed by atoms with van der Waals surface area (Å²) in [4.78, 5) is 14.6. The van der Waals surface area contributed by atoms with Crippen LogP contribution in [0.4, 0.5) is 0 Å². The Bertz CT molecular complexity index is 644. The summed E-state index contributed by atoms with van der Waals surface area (Å²) in [5, 5.41) is 11.5. The van der Waals surface area contributed by atoms with Crippen LogP contribution in [0.15, 0.2) is 30.3 Å². The van der Waals surface area contributed by atoms with Crippen LogP contribution in [-0.4, -0.2) is 56.3 Å². The number of ether oxygens (including phenoxy) is 2. The van der Waals surface area contributed by atoms with Gasteiger partial charge < -0.3 is 14.8 Å². The quantitative estimate of drug-likeness (QED) is 0.675. The molecule has 1 saturated heterocycles. The summed E-state index contributed by atoms with van der Waals surface area (Å²) < 4.78 is 10.6. The zero-order valence-corrected chi connectivity index (χ0v) is 16.2. The van der Waals surface area contributed by atoms with Crippen LogP contribution >= 0.6 is 0 Å². The maximum atomic E-state index is 12.2. The fraction of sp³-hybridized carbons (Fsp3) is 0.524. The Morgan fingerprint density at radius 1 is 1.33 bits per heavy atom. The van der Waals surface area contributed by atoms with Crippen LogP contribution in [0.3, 0.4) is 0 Å². The SMILES string of the molecule is CC(C)CC(CNC(=O)/C=C/c1ccc(OCC#N)cc1)N1CCOCC1. The molecule has 6 nitrogen and oxygen atoms in total. The van der Waals surface area contributed by atoms with E-state index in [4.69, 9.17) is 14.7 Å². The molecule has 6 heteroatoms. The molecule has 0 radical (unpaired) electrons. The minimum absolute atomic E-state index is 0.0261. The van der Waals surface area contributed by atoms with E-state index in [9.17, 15) is 4.79 Å². The van der Waals surface area contributed by atoms with Gasteiger partial charge in [0.25, 0.3) is 0 Å². The number of amides is 1. The number of morpholine rings is 1. The van der Waals surface area contributed by atoms with Crippen molar-refractivity contribution in [3.63, 3.8) is 0 Å². The summed E-state index contributed by atoms with van der Waals surface area (Å²) in [7, 11) is 0. The fourth-order valence-electron chi connectivity index (χ4n) is 3.09. The highest BCUT2D eigenvalue weighted by Gasteiger charge is 2.22. The maximum absolute atomic E-state index is 12.2. The molecule has 27 heavy (non-hydrogen) atoms. The van der Waals surface area contributed by atoms with E-state index in [1.807, 2.05) is 18.2 Å². The van der Waals surface area contributed by atoms with Gasteiger partial charge in [-0.15, -0.1) is 0 Å². The first-order valence-corrected chi connectivity index (χ1v) is 9.46. The minimum atomic E-state index is -0.0955. The summed E-state index contributed by atoms with van der Waals surface area (Å²) in [6.07, 6.45) is 4.38. The van der Waals surface area contributed by atoms with Crippen molar-refractivity contribution in [2.45, 2.75) is 26.3 Å². The third-order valence-corrected chi connectivity index (χ3v) is 4.43. The van der Waals surface area contributed by atoms with E-state index in [2.05, 4.69) is 24.1 Å². The molecule has 1 amide bonds. The average Bonchev–Trinajstić information content (AvgIpc) is 2.69. The van der Waals surface area contributed by atoms with Gasteiger partial charge in [0.2, 0.25) is 5.91 Å². The molecular formula is C21H29N3O3. The van der Waals surface area contributed by atoms with Gasteiger partial charge in [-0.25, -0.2) is 0 Å². The van der Waals surface area contributed by atoms with Crippen molar-refractivity contribution in [1.29, 1.82) is 5.26 Å². The topological polar surface area (TPSA) is 74.6 Å². The molecule has 0 aromatic heterocycles. The Kier molecular flexibility index (Phi) is 8.82. The molecule has 0 spiro atoms. The summed E-state index contributed by atoms with van der Waals surface area (Å²) in [6.45, 7) is 8.44. The summed E-state index contributed by atoms with van der Waals surface area (Å²) in [5.74, 6) is 1.12. The van der Waals surface area contributed by atoms with Gasteiger partial charge in [-0.1, -0.05) is 26.0 Å². The van der Waals surface area contributed by atoms with Crippen LogP contribution in [-0.2, 0) is 9.53 Å². The number of nitrogens with zero attached hydrogens (tertiary/aromatic N) is 2. The van der Waals surface area contributed by atoms with E-state index < -0.39 is 0 Å². The predicted octanol–water partition coefficient (Wildman–Crippen LogP) is 2.47. The van der Waals surface area contributed by atoms with E-state index in [0.717, 1.165) is 38.3 Å². The largest absolute Gasteiger partial charge is 0.479 e. The molecule has 0 bridgehead atoms. The van der Waals surface area contributed by atoms with Crippen molar-refractivity contribution in [3.8, 4) is 11.8 Å². The standard InChI is InChI=1S/C21H29N3O3/c1-17(2)15-19(24-10-13-26-14-11-24)16-23-21(25)8-5-18-3-6-20(7-4-18)27-12-9-22/h3-8,17,19H,10-16H2,1-2H3,(H,23,25)/b8-5+. The van der Waals surface area contributed by atoms with Gasteiger partial charge in [0, 0.05) is 31.8 Å². The minimum Gasteiger partial charge on any atom is -0.479 e. The van der Waals surface area contributed by atoms with Crippen LogP contribution in [0.2, 0.25) is 0 Å².